The topological polar surface area (TPSA) is 74.2 Å². The number of benzene rings is 2. The van der Waals surface area contributed by atoms with Gasteiger partial charge in [-0.15, -0.1) is 0 Å². The maximum Gasteiger partial charge on any atom is 0.311 e. The fourth-order valence-electron chi connectivity index (χ4n) is 2.69. The minimum absolute atomic E-state index is 0.277. The van der Waals surface area contributed by atoms with E-state index >= 15 is 0 Å². The van der Waals surface area contributed by atoms with E-state index in [1.807, 2.05) is 6.07 Å². The van der Waals surface area contributed by atoms with Gasteiger partial charge in [-0.2, -0.15) is 0 Å². The third-order valence-electron chi connectivity index (χ3n) is 4.00. The number of ether oxygens (including phenoxy) is 4. The molecule has 0 saturated carbocycles. The quantitative estimate of drug-likeness (QED) is 0.791. The van der Waals surface area contributed by atoms with Crippen molar-refractivity contribution in [3.63, 3.8) is 0 Å². The Kier molecular flexibility index (Phi) is 6.11. The summed E-state index contributed by atoms with van der Waals surface area (Å²) in [4.78, 5) is 11.9. The molecule has 0 heterocycles. The SMILES string of the molecule is COc1ccc(OC)c(C(Cc2ccc(OC)c(OC)c2)C(=O)O)c1. The maximum absolute atomic E-state index is 11.9. The van der Waals surface area contributed by atoms with Crippen molar-refractivity contribution in [1.29, 1.82) is 0 Å². The fraction of sp³-hybridized carbons (Fsp3) is 0.316. The molecule has 0 saturated heterocycles. The number of carboxylic acids is 1. The van der Waals surface area contributed by atoms with Crippen LogP contribution in [-0.4, -0.2) is 39.5 Å². The number of hydrogen-bond donors (Lipinski definition) is 1. The van der Waals surface area contributed by atoms with Crippen molar-refractivity contribution in [1.82, 2.24) is 0 Å². The van der Waals surface area contributed by atoms with Gasteiger partial charge in [-0.05, 0) is 42.3 Å². The second kappa shape index (κ2) is 8.28. The lowest BCUT2D eigenvalue weighted by atomic mass is 9.91. The zero-order chi connectivity index (χ0) is 18.4. The molecule has 0 amide bonds. The van der Waals surface area contributed by atoms with Crippen LogP contribution in [-0.2, 0) is 11.2 Å². The molecule has 134 valence electrons. The molecule has 1 N–H and O–H groups in total. The second-order valence-electron chi connectivity index (χ2n) is 5.39. The van der Waals surface area contributed by atoms with Crippen LogP contribution in [0.15, 0.2) is 36.4 Å². The molecule has 0 aliphatic heterocycles. The summed E-state index contributed by atoms with van der Waals surface area (Å²) >= 11 is 0. The van der Waals surface area contributed by atoms with Gasteiger partial charge in [0.2, 0.25) is 0 Å². The Labute approximate surface area is 146 Å². The molecule has 0 aliphatic carbocycles. The van der Waals surface area contributed by atoms with Crippen molar-refractivity contribution >= 4 is 5.97 Å². The average Bonchev–Trinajstić information content (AvgIpc) is 2.65. The van der Waals surface area contributed by atoms with E-state index in [1.165, 1.54) is 14.2 Å². The first kappa shape index (κ1) is 18.4. The zero-order valence-corrected chi connectivity index (χ0v) is 14.7. The van der Waals surface area contributed by atoms with E-state index in [0.717, 1.165) is 5.56 Å². The molecule has 2 rings (SSSR count). The Hall–Kier alpha value is -2.89. The monoisotopic (exact) mass is 346 g/mol. The van der Waals surface area contributed by atoms with Crippen LogP contribution in [0.2, 0.25) is 0 Å². The van der Waals surface area contributed by atoms with Crippen molar-refractivity contribution < 1.29 is 28.8 Å². The van der Waals surface area contributed by atoms with E-state index in [2.05, 4.69) is 0 Å². The first-order chi connectivity index (χ1) is 12.0. The van der Waals surface area contributed by atoms with Crippen molar-refractivity contribution in [2.24, 2.45) is 0 Å². The van der Waals surface area contributed by atoms with Crippen molar-refractivity contribution in [3.8, 4) is 23.0 Å². The van der Waals surface area contributed by atoms with E-state index in [-0.39, 0.29) is 6.42 Å². The fourth-order valence-corrected chi connectivity index (χ4v) is 2.69. The lowest BCUT2D eigenvalue weighted by Gasteiger charge is -2.18. The van der Waals surface area contributed by atoms with Gasteiger partial charge in [-0.3, -0.25) is 4.79 Å². The molecule has 1 atom stereocenters. The van der Waals surface area contributed by atoms with Crippen LogP contribution in [0.5, 0.6) is 23.0 Å². The smallest absolute Gasteiger partial charge is 0.311 e. The summed E-state index contributed by atoms with van der Waals surface area (Å²) in [5, 5.41) is 9.75. The number of rotatable bonds is 8. The van der Waals surface area contributed by atoms with E-state index < -0.39 is 11.9 Å². The highest BCUT2D eigenvalue weighted by Gasteiger charge is 2.25. The summed E-state index contributed by atoms with van der Waals surface area (Å²) < 4.78 is 21.1. The minimum atomic E-state index is -0.943. The third kappa shape index (κ3) is 4.15. The lowest BCUT2D eigenvalue weighted by molar-refractivity contribution is -0.138. The molecule has 2 aromatic rings. The Morgan fingerprint density at radius 2 is 1.52 bits per heavy atom. The first-order valence-electron chi connectivity index (χ1n) is 7.69. The molecule has 6 heteroatoms. The standard InChI is InChI=1S/C19H22O6/c1-22-13-6-8-16(23-2)14(11-13)15(19(20)21)9-12-5-7-17(24-3)18(10-12)25-4/h5-8,10-11,15H,9H2,1-4H3,(H,20,21). The van der Waals surface area contributed by atoms with Crippen LogP contribution in [0.3, 0.4) is 0 Å². The lowest BCUT2D eigenvalue weighted by Crippen LogP contribution is -2.15. The molecule has 1 unspecified atom stereocenters. The van der Waals surface area contributed by atoms with Gasteiger partial charge in [0.25, 0.3) is 0 Å². The molecular weight excluding hydrogens is 324 g/mol. The van der Waals surface area contributed by atoms with Gasteiger partial charge < -0.3 is 24.1 Å². The van der Waals surface area contributed by atoms with E-state index in [4.69, 9.17) is 18.9 Å². The Bertz CT molecular complexity index is 741. The van der Waals surface area contributed by atoms with Crippen LogP contribution in [0.1, 0.15) is 17.0 Å². The number of hydrogen-bond acceptors (Lipinski definition) is 5. The normalized spacial score (nSPS) is 11.5. The predicted octanol–water partition coefficient (Wildman–Crippen LogP) is 3.13. The van der Waals surface area contributed by atoms with Crippen LogP contribution < -0.4 is 18.9 Å². The van der Waals surface area contributed by atoms with E-state index in [1.54, 1.807) is 44.6 Å². The highest BCUT2D eigenvalue weighted by Crippen LogP contribution is 2.35. The molecule has 6 nitrogen and oxygen atoms in total. The molecule has 0 spiro atoms. The van der Waals surface area contributed by atoms with Gasteiger partial charge in [0.1, 0.15) is 11.5 Å². The van der Waals surface area contributed by atoms with Gasteiger partial charge in [-0.25, -0.2) is 0 Å². The number of aliphatic carboxylic acids is 1. The first-order valence-corrected chi connectivity index (χ1v) is 7.69. The van der Waals surface area contributed by atoms with Gasteiger partial charge in [0, 0.05) is 5.56 Å². The average molecular weight is 346 g/mol. The van der Waals surface area contributed by atoms with Crippen molar-refractivity contribution in [2.45, 2.75) is 12.3 Å². The van der Waals surface area contributed by atoms with Crippen molar-refractivity contribution in [2.75, 3.05) is 28.4 Å². The summed E-state index contributed by atoms with van der Waals surface area (Å²) in [6, 6.07) is 10.5. The minimum Gasteiger partial charge on any atom is -0.497 e. The predicted molar refractivity (Wildman–Crippen MR) is 93.2 cm³/mol. The Morgan fingerprint density at radius 1 is 0.880 bits per heavy atom. The molecule has 0 aliphatic rings. The molecule has 25 heavy (non-hydrogen) atoms. The molecule has 0 fully saturated rings. The Balaban J connectivity index is 2.41. The summed E-state index contributed by atoms with van der Waals surface area (Å²) in [5.74, 6) is 0.506. The Morgan fingerprint density at radius 3 is 2.08 bits per heavy atom. The van der Waals surface area contributed by atoms with Crippen LogP contribution in [0.25, 0.3) is 0 Å². The third-order valence-corrected chi connectivity index (χ3v) is 4.00. The number of carbonyl (C=O) groups is 1. The van der Waals surface area contributed by atoms with Gasteiger partial charge >= 0.3 is 5.97 Å². The highest BCUT2D eigenvalue weighted by molar-refractivity contribution is 5.78. The number of carboxylic acid groups (broad SMARTS) is 1. The summed E-state index contributed by atoms with van der Waals surface area (Å²) in [5.41, 5.74) is 1.37. The van der Waals surface area contributed by atoms with Crippen LogP contribution >= 0.6 is 0 Å². The largest absolute Gasteiger partial charge is 0.497 e. The van der Waals surface area contributed by atoms with Gasteiger partial charge in [0.15, 0.2) is 11.5 Å². The summed E-state index contributed by atoms with van der Waals surface area (Å²) in [7, 11) is 6.15. The van der Waals surface area contributed by atoms with E-state index in [0.29, 0.717) is 28.6 Å². The number of methoxy groups -OCH3 is 4. The van der Waals surface area contributed by atoms with Crippen LogP contribution in [0, 0.1) is 0 Å². The maximum atomic E-state index is 11.9. The molecule has 0 radical (unpaired) electrons. The molecule has 2 aromatic carbocycles. The van der Waals surface area contributed by atoms with Gasteiger partial charge in [-0.1, -0.05) is 6.07 Å². The summed E-state index contributed by atoms with van der Waals surface area (Å²) in [6.07, 6.45) is 0.277. The zero-order valence-electron chi connectivity index (χ0n) is 14.7. The summed E-state index contributed by atoms with van der Waals surface area (Å²) in [6.45, 7) is 0. The second-order valence-corrected chi connectivity index (χ2v) is 5.39. The van der Waals surface area contributed by atoms with Crippen molar-refractivity contribution in [3.05, 3.63) is 47.5 Å². The van der Waals surface area contributed by atoms with E-state index in [9.17, 15) is 9.90 Å². The molecule has 0 aromatic heterocycles. The molecule has 0 bridgehead atoms. The van der Waals surface area contributed by atoms with Gasteiger partial charge in [0.05, 0.1) is 34.4 Å². The molecular formula is C19H22O6. The highest BCUT2D eigenvalue weighted by atomic mass is 16.5. The van der Waals surface area contributed by atoms with Crippen LogP contribution in [0.4, 0.5) is 0 Å².